The Bertz CT molecular complexity index is 1130. The number of anilines is 1. The van der Waals surface area contributed by atoms with Crippen LogP contribution in [0.5, 0.6) is 0 Å². The summed E-state index contributed by atoms with van der Waals surface area (Å²) in [4.78, 5) is 2.10. The maximum Gasteiger partial charge on any atom is 0.352 e. The molecule has 0 aliphatic heterocycles. The van der Waals surface area contributed by atoms with E-state index in [1.54, 1.807) is 0 Å². The minimum absolute atomic E-state index is 0.0439. The molecule has 4 rings (SSSR count). The molecule has 2 aliphatic rings. The summed E-state index contributed by atoms with van der Waals surface area (Å²) in [5, 5.41) is 3.80. The van der Waals surface area contributed by atoms with Crippen LogP contribution in [0.2, 0.25) is 0 Å². The van der Waals surface area contributed by atoms with Crippen molar-refractivity contribution >= 4 is 13.3 Å². The van der Waals surface area contributed by atoms with Gasteiger partial charge in [-0.25, -0.2) is 0 Å². The van der Waals surface area contributed by atoms with Crippen LogP contribution in [0, 0.1) is 35.5 Å². The number of hydrogen-bond donors (Lipinski definition) is 1. The maximum absolute atomic E-state index is 15.9. The maximum atomic E-state index is 15.9. The highest BCUT2D eigenvalue weighted by Crippen LogP contribution is 2.65. The lowest BCUT2D eigenvalue weighted by atomic mass is 9.75. The predicted octanol–water partition coefficient (Wildman–Crippen LogP) is 10.2. The molecule has 0 radical (unpaired) electrons. The van der Waals surface area contributed by atoms with Crippen molar-refractivity contribution in [2.45, 2.75) is 111 Å². The van der Waals surface area contributed by atoms with Gasteiger partial charge in [0.1, 0.15) is 5.78 Å². The summed E-state index contributed by atoms with van der Waals surface area (Å²) in [6.07, 6.45) is 6.26. The van der Waals surface area contributed by atoms with Gasteiger partial charge in [0, 0.05) is 25.8 Å². The van der Waals surface area contributed by atoms with Gasteiger partial charge in [0.15, 0.2) is 0 Å². The molecule has 0 heterocycles. The Morgan fingerprint density at radius 2 is 1.21 bits per heavy atom. The van der Waals surface area contributed by atoms with E-state index in [1.807, 2.05) is 20.2 Å². The Morgan fingerprint density at radius 1 is 0.721 bits per heavy atom. The van der Waals surface area contributed by atoms with Crippen molar-refractivity contribution in [3.8, 4) is 0 Å². The van der Waals surface area contributed by atoms with E-state index >= 15 is 4.57 Å². The second-order valence-electron chi connectivity index (χ2n) is 14.7. The van der Waals surface area contributed by atoms with Gasteiger partial charge < -0.3 is 13.9 Å². The molecule has 0 saturated heterocycles. The van der Waals surface area contributed by atoms with Crippen molar-refractivity contribution in [3.05, 3.63) is 65.7 Å². The minimum Gasteiger partial charge on any atom is -0.378 e. The van der Waals surface area contributed by atoms with E-state index < -0.39 is 13.4 Å². The summed E-state index contributed by atoms with van der Waals surface area (Å²) in [5.74, 6) is 2.14. The molecule has 1 N–H and O–H groups in total. The summed E-state index contributed by atoms with van der Waals surface area (Å²) in [6, 6.07) is 18.8. The number of benzene rings is 2. The second-order valence-corrected chi connectivity index (χ2v) is 16.7. The Morgan fingerprint density at radius 3 is 1.65 bits per heavy atom. The highest BCUT2D eigenvalue weighted by molar-refractivity contribution is 7.54. The first-order chi connectivity index (χ1) is 20.4. The average molecular weight is 611 g/mol. The van der Waals surface area contributed by atoms with Gasteiger partial charge in [-0.1, -0.05) is 96.8 Å². The van der Waals surface area contributed by atoms with Crippen LogP contribution in [0.4, 0.5) is 5.69 Å². The Hall–Kier alpha value is -1.65. The molecule has 43 heavy (non-hydrogen) atoms. The summed E-state index contributed by atoms with van der Waals surface area (Å²) < 4.78 is 30.0. The molecular weight excluding hydrogens is 551 g/mol. The van der Waals surface area contributed by atoms with E-state index in [-0.39, 0.29) is 18.2 Å². The third kappa shape index (κ3) is 8.75. The van der Waals surface area contributed by atoms with E-state index in [0.29, 0.717) is 35.5 Å². The number of rotatable bonds is 12. The van der Waals surface area contributed by atoms with E-state index in [4.69, 9.17) is 9.05 Å². The molecule has 6 heteroatoms. The third-order valence-electron chi connectivity index (χ3n) is 10.2. The molecule has 8 atom stereocenters. The summed E-state index contributed by atoms with van der Waals surface area (Å²) in [6.45, 7) is 15.9. The Balaban J connectivity index is 1.80. The lowest BCUT2D eigenvalue weighted by molar-refractivity contribution is -0.00718. The van der Waals surface area contributed by atoms with Crippen LogP contribution in [0.1, 0.15) is 110 Å². The van der Waals surface area contributed by atoms with Gasteiger partial charge in [-0.15, -0.1) is 0 Å². The van der Waals surface area contributed by atoms with Crippen molar-refractivity contribution in [1.29, 1.82) is 0 Å². The van der Waals surface area contributed by atoms with Gasteiger partial charge in [-0.05, 0) is 91.4 Å². The summed E-state index contributed by atoms with van der Waals surface area (Å²) in [7, 11) is 0.362. The highest BCUT2D eigenvalue weighted by atomic mass is 31.2. The van der Waals surface area contributed by atoms with E-state index in [1.165, 1.54) is 12.8 Å². The number of hydrogen-bond acceptors (Lipinski definition) is 5. The average Bonchev–Trinajstić information content (AvgIpc) is 2.96. The highest BCUT2D eigenvalue weighted by Gasteiger charge is 2.47. The molecule has 2 saturated carbocycles. The fraction of sp³-hybridized carbons (Fsp3) is 0.676. The van der Waals surface area contributed by atoms with Gasteiger partial charge in [-0.3, -0.25) is 9.88 Å². The molecule has 0 aromatic heterocycles. The fourth-order valence-corrected chi connectivity index (χ4v) is 9.87. The van der Waals surface area contributed by atoms with Gasteiger partial charge in [0.25, 0.3) is 0 Å². The van der Waals surface area contributed by atoms with Crippen LogP contribution >= 0.6 is 7.60 Å². The van der Waals surface area contributed by atoms with Crippen LogP contribution in [-0.2, 0) is 13.6 Å². The predicted molar refractivity (Wildman–Crippen MR) is 182 cm³/mol. The first kappa shape index (κ1) is 34.2. The molecule has 240 valence electrons. The molecule has 5 nitrogen and oxygen atoms in total. The summed E-state index contributed by atoms with van der Waals surface area (Å²) >= 11 is 0. The first-order valence-electron chi connectivity index (χ1n) is 16.9. The molecule has 0 amide bonds. The van der Waals surface area contributed by atoms with Gasteiger partial charge in [-0.2, -0.15) is 0 Å². The first-order valence-corrected chi connectivity index (χ1v) is 18.5. The molecule has 0 bridgehead atoms. The van der Waals surface area contributed by atoms with Crippen LogP contribution in [0.15, 0.2) is 54.6 Å². The van der Waals surface area contributed by atoms with Crippen LogP contribution in [0.3, 0.4) is 0 Å². The monoisotopic (exact) mass is 610 g/mol. The molecule has 0 unspecified atom stereocenters. The third-order valence-corrected chi connectivity index (χ3v) is 12.4. The largest absolute Gasteiger partial charge is 0.378 e. The van der Waals surface area contributed by atoms with Gasteiger partial charge in [0.2, 0.25) is 0 Å². The van der Waals surface area contributed by atoms with Crippen molar-refractivity contribution in [2.24, 2.45) is 35.5 Å². The van der Waals surface area contributed by atoms with Gasteiger partial charge in [0.05, 0.1) is 12.2 Å². The van der Waals surface area contributed by atoms with Crippen LogP contribution in [0.25, 0.3) is 0 Å². The zero-order chi connectivity index (χ0) is 31.3. The van der Waals surface area contributed by atoms with Crippen molar-refractivity contribution in [3.63, 3.8) is 0 Å². The molecular formula is C37H59N2O3P. The normalized spacial score (nSPS) is 28.2. The zero-order valence-electron chi connectivity index (χ0n) is 28.3. The lowest BCUT2D eigenvalue weighted by Crippen LogP contribution is -2.38. The topological polar surface area (TPSA) is 50.8 Å². The van der Waals surface area contributed by atoms with Gasteiger partial charge >= 0.3 is 7.60 Å². The smallest absolute Gasteiger partial charge is 0.352 e. The van der Waals surface area contributed by atoms with Crippen LogP contribution in [-0.4, -0.2) is 26.3 Å². The second kappa shape index (κ2) is 15.1. The van der Waals surface area contributed by atoms with Crippen molar-refractivity contribution in [1.82, 2.24) is 5.32 Å². The lowest BCUT2D eigenvalue weighted by Gasteiger charge is -2.44. The molecule has 2 aromatic rings. The minimum atomic E-state index is -3.73. The summed E-state index contributed by atoms with van der Waals surface area (Å²) in [5.41, 5.74) is 3.21. The number of nitrogens with zero attached hydrogens (tertiary/aromatic N) is 1. The molecule has 2 aliphatic carbocycles. The van der Waals surface area contributed by atoms with Crippen molar-refractivity contribution in [2.75, 3.05) is 19.0 Å². The quantitative estimate of drug-likeness (QED) is 0.242. The number of nitrogens with one attached hydrogen (secondary N) is 1. The Kier molecular flexibility index (Phi) is 12.0. The fourth-order valence-electron chi connectivity index (χ4n) is 7.40. The van der Waals surface area contributed by atoms with Crippen molar-refractivity contribution < 1.29 is 13.6 Å². The molecule has 2 fully saturated rings. The van der Waals surface area contributed by atoms with E-state index in [0.717, 1.165) is 42.5 Å². The Labute approximate surface area is 263 Å². The molecule has 2 aromatic carbocycles. The SMILES string of the molecule is CC(C)[C@H]1CC[C@@H](C)C[C@H]1OP(=O)(O[C@@H]1C[C@H](C)CC[C@@H]1C(C)C)[C@@H](N[C@H](C)c1ccccc1)c1ccc(N(C)C)cc1. The molecule has 0 spiro atoms. The zero-order valence-corrected chi connectivity index (χ0v) is 29.2. The standard InChI is InChI=1S/C37H59N2O3P/c1-25(2)33-21-15-27(5)23-35(33)41-43(40,42-36-24-28(6)16-22-34(36)26(3)4)37(31-17-19-32(20-18-31)39(8)9)38-29(7)30-13-11-10-12-14-30/h10-14,17-20,25-29,33-38H,15-16,21-24H2,1-9H3/t27-,28-,29-,33-,34-,35-,36-,37-/m1/s1. The van der Waals surface area contributed by atoms with E-state index in [9.17, 15) is 0 Å². The van der Waals surface area contributed by atoms with Crippen LogP contribution < -0.4 is 10.2 Å². The van der Waals surface area contributed by atoms with E-state index in [2.05, 4.69) is 107 Å².